The van der Waals surface area contributed by atoms with Gasteiger partial charge in [-0.15, -0.1) is 0 Å². The smallest absolute Gasteiger partial charge is 0.337 e. The SMILES string of the molecule is O=C(O)c1ccccc1N1CCC(CN2CCCC2)CC1. The van der Waals surface area contributed by atoms with Gasteiger partial charge in [-0.1, -0.05) is 12.1 Å². The molecule has 2 fully saturated rings. The molecule has 1 aromatic carbocycles. The Balaban J connectivity index is 1.59. The highest BCUT2D eigenvalue weighted by Gasteiger charge is 2.24. The van der Waals surface area contributed by atoms with E-state index in [4.69, 9.17) is 0 Å². The van der Waals surface area contributed by atoms with Crippen molar-refractivity contribution in [2.75, 3.05) is 37.6 Å². The maximum Gasteiger partial charge on any atom is 0.337 e. The van der Waals surface area contributed by atoms with Crippen molar-refractivity contribution in [3.05, 3.63) is 29.8 Å². The van der Waals surface area contributed by atoms with Crippen molar-refractivity contribution in [3.8, 4) is 0 Å². The third kappa shape index (κ3) is 3.38. The lowest BCUT2D eigenvalue weighted by molar-refractivity contribution is 0.0697. The fourth-order valence-electron chi connectivity index (χ4n) is 3.62. The van der Waals surface area contributed by atoms with E-state index in [2.05, 4.69) is 9.80 Å². The normalized spacial score (nSPS) is 20.9. The molecule has 0 unspecified atom stereocenters. The van der Waals surface area contributed by atoms with Crippen LogP contribution in [-0.4, -0.2) is 48.7 Å². The van der Waals surface area contributed by atoms with Gasteiger partial charge in [0, 0.05) is 19.6 Å². The second kappa shape index (κ2) is 6.48. The maximum atomic E-state index is 11.3. The van der Waals surface area contributed by atoms with Crippen molar-refractivity contribution >= 4 is 11.7 Å². The van der Waals surface area contributed by atoms with Gasteiger partial charge < -0.3 is 14.9 Å². The summed E-state index contributed by atoms with van der Waals surface area (Å²) in [5.41, 5.74) is 1.31. The second-order valence-corrected chi connectivity index (χ2v) is 6.26. The van der Waals surface area contributed by atoms with Crippen LogP contribution in [0.4, 0.5) is 5.69 Å². The molecule has 2 saturated heterocycles. The predicted molar refractivity (Wildman–Crippen MR) is 84.0 cm³/mol. The number of likely N-dealkylation sites (tertiary alicyclic amines) is 1. The largest absolute Gasteiger partial charge is 0.478 e. The van der Waals surface area contributed by atoms with Gasteiger partial charge in [-0.3, -0.25) is 0 Å². The molecule has 1 N–H and O–H groups in total. The Bertz CT molecular complexity index is 489. The first-order chi connectivity index (χ1) is 10.2. The van der Waals surface area contributed by atoms with Crippen LogP contribution in [0.5, 0.6) is 0 Å². The van der Waals surface area contributed by atoms with Gasteiger partial charge in [0.25, 0.3) is 0 Å². The van der Waals surface area contributed by atoms with Gasteiger partial charge in [-0.2, -0.15) is 0 Å². The molecule has 4 nitrogen and oxygen atoms in total. The Kier molecular flexibility index (Phi) is 4.44. The van der Waals surface area contributed by atoms with Crippen molar-refractivity contribution < 1.29 is 9.90 Å². The molecule has 0 amide bonds. The number of anilines is 1. The minimum Gasteiger partial charge on any atom is -0.478 e. The first-order valence-corrected chi connectivity index (χ1v) is 8.03. The molecular formula is C17H24N2O2. The fourth-order valence-corrected chi connectivity index (χ4v) is 3.62. The number of rotatable bonds is 4. The molecule has 0 aromatic heterocycles. The van der Waals surface area contributed by atoms with Crippen LogP contribution in [0.25, 0.3) is 0 Å². The summed E-state index contributed by atoms with van der Waals surface area (Å²) < 4.78 is 0. The molecular weight excluding hydrogens is 264 g/mol. The summed E-state index contributed by atoms with van der Waals surface area (Å²) in [6.07, 6.45) is 5.05. The molecule has 2 aliphatic heterocycles. The lowest BCUT2D eigenvalue weighted by Crippen LogP contribution is -2.38. The monoisotopic (exact) mass is 288 g/mol. The quantitative estimate of drug-likeness (QED) is 0.925. The number of hydrogen-bond acceptors (Lipinski definition) is 3. The zero-order valence-corrected chi connectivity index (χ0v) is 12.5. The van der Waals surface area contributed by atoms with E-state index in [1.165, 1.54) is 45.3 Å². The molecule has 0 radical (unpaired) electrons. The van der Waals surface area contributed by atoms with Gasteiger partial charge in [0.1, 0.15) is 0 Å². The van der Waals surface area contributed by atoms with E-state index in [1.807, 2.05) is 12.1 Å². The Hall–Kier alpha value is -1.55. The Morgan fingerprint density at radius 2 is 1.76 bits per heavy atom. The first kappa shape index (κ1) is 14.4. The molecule has 0 spiro atoms. The first-order valence-electron chi connectivity index (χ1n) is 8.03. The summed E-state index contributed by atoms with van der Waals surface area (Å²) in [7, 11) is 0. The lowest BCUT2D eigenvalue weighted by atomic mass is 9.95. The van der Waals surface area contributed by atoms with Crippen molar-refractivity contribution in [1.29, 1.82) is 0 Å². The van der Waals surface area contributed by atoms with Gasteiger partial charge in [0.05, 0.1) is 11.3 Å². The standard InChI is InChI=1S/C17H24N2O2/c20-17(21)15-5-1-2-6-16(15)19-11-7-14(8-12-19)13-18-9-3-4-10-18/h1-2,5-6,14H,3-4,7-13H2,(H,20,21). The van der Waals surface area contributed by atoms with E-state index < -0.39 is 5.97 Å². The van der Waals surface area contributed by atoms with Gasteiger partial charge >= 0.3 is 5.97 Å². The van der Waals surface area contributed by atoms with Gasteiger partial charge in [0.2, 0.25) is 0 Å². The highest BCUT2D eigenvalue weighted by atomic mass is 16.4. The number of hydrogen-bond donors (Lipinski definition) is 1. The molecule has 4 heteroatoms. The molecule has 0 aliphatic carbocycles. The van der Waals surface area contributed by atoms with Crippen LogP contribution in [0, 0.1) is 5.92 Å². The highest BCUT2D eigenvalue weighted by molar-refractivity contribution is 5.94. The molecule has 1 aromatic rings. The number of para-hydroxylation sites is 1. The number of nitrogens with zero attached hydrogens (tertiary/aromatic N) is 2. The highest BCUT2D eigenvalue weighted by Crippen LogP contribution is 2.27. The minimum absolute atomic E-state index is 0.426. The van der Waals surface area contributed by atoms with Crippen molar-refractivity contribution in [3.63, 3.8) is 0 Å². The number of piperidine rings is 1. The molecule has 0 bridgehead atoms. The maximum absolute atomic E-state index is 11.3. The summed E-state index contributed by atoms with van der Waals surface area (Å²) in [5, 5.41) is 9.30. The van der Waals surface area contributed by atoms with Crippen LogP contribution in [0.3, 0.4) is 0 Å². The Labute approximate surface area is 126 Å². The van der Waals surface area contributed by atoms with Gasteiger partial charge in [-0.25, -0.2) is 4.79 Å². The van der Waals surface area contributed by atoms with Crippen molar-refractivity contribution in [2.45, 2.75) is 25.7 Å². The van der Waals surface area contributed by atoms with E-state index in [9.17, 15) is 9.90 Å². The number of carboxylic acids is 1. The number of carbonyl (C=O) groups is 1. The summed E-state index contributed by atoms with van der Waals surface area (Å²) in [6.45, 7) is 5.71. The van der Waals surface area contributed by atoms with Crippen molar-refractivity contribution in [2.24, 2.45) is 5.92 Å². The van der Waals surface area contributed by atoms with Crippen molar-refractivity contribution in [1.82, 2.24) is 4.90 Å². The van der Waals surface area contributed by atoms with Crippen LogP contribution < -0.4 is 4.90 Å². The van der Waals surface area contributed by atoms with E-state index in [1.54, 1.807) is 12.1 Å². The fraction of sp³-hybridized carbons (Fsp3) is 0.588. The number of aromatic carboxylic acids is 1. The average Bonchev–Trinajstić information content (AvgIpc) is 3.01. The molecule has 114 valence electrons. The van der Waals surface area contributed by atoms with E-state index in [0.29, 0.717) is 5.56 Å². The molecule has 2 heterocycles. The molecule has 2 aliphatic rings. The van der Waals surface area contributed by atoms with Crippen LogP contribution in [0.1, 0.15) is 36.0 Å². The van der Waals surface area contributed by atoms with Gasteiger partial charge in [0.15, 0.2) is 0 Å². The Morgan fingerprint density at radius 3 is 2.43 bits per heavy atom. The van der Waals surface area contributed by atoms with E-state index in [0.717, 1.165) is 24.7 Å². The molecule has 21 heavy (non-hydrogen) atoms. The summed E-state index contributed by atoms with van der Waals surface area (Å²) in [6, 6.07) is 7.36. The number of benzene rings is 1. The van der Waals surface area contributed by atoms with Crippen LogP contribution in [0.2, 0.25) is 0 Å². The van der Waals surface area contributed by atoms with E-state index >= 15 is 0 Å². The lowest BCUT2D eigenvalue weighted by Gasteiger charge is -2.35. The van der Waals surface area contributed by atoms with E-state index in [-0.39, 0.29) is 0 Å². The second-order valence-electron chi connectivity index (χ2n) is 6.26. The van der Waals surface area contributed by atoms with Crippen LogP contribution in [-0.2, 0) is 0 Å². The Morgan fingerprint density at radius 1 is 1.10 bits per heavy atom. The summed E-state index contributed by atoms with van der Waals surface area (Å²) >= 11 is 0. The zero-order chi connectivity index (χ0) is 14.7. The molecule has 0 atom stereocenters. The third-order valence-corrected chi connectivity index (χ3v) is 4.80. The average molecular weight is 288 g/mol. The third-order valence-electron chi connectivity index (χ3n) is 4.80. The molecule has 0 saturated carbocycles. The summed E-state index contributed by atoms with van der Waals surface area (Å²) in [4.78, 5) is 16.2. The number of carboxylic acid groups (broad SMARTS) is 1. The topological polar surface area (TPSA) is 43.8 Å². The minimum atomic E-state index is -0.829. The van der Waals surface area contributed by atoms with Crippen LogP contribution >= 0.6 is 0 Å². The van der Waals surface area contributed by atoms with Crippen LogP contribution in [0.15, 0.2) is 24.3 Å². The summed E-state index contributed by atoms with van der Waals surface area (Å²) in [5.74, 6) is -0.0545. The zero-order valence-electron chi connectivity index (χ0n) is 12.5. The molecule has 3 rings (SSSR count). The van der Waals surface area contributed by atoms with Gasteiger partial charge in [-0.05, 0) is 56.8 Å². The predicted octanol–water partition coefficient (Wildman–Crippen LogP) is 2.70.